The van der Waals surface area contributed by atoms with E-state index in [1.807, 2.05) is 30.3 Å². The van der Waals surface area contributed by atoms with E-state index in [2.05, 4.69) is 10.3 Å². The first-order valence-corrected chi connectivity index (χ1v) is 9.20. The zero-order chi connectivity index (χ0) is 21.5. The summed E-state index contributed by atoms with van der Waals surface area (Å²) in [4.78, 5) is 27.5. The number of methoxy groups -OCH3 is 2. The SMILES string of the molecule is COc1cc(C(=O)NCCCOc2cccc3cccnc23)c([N+](=O)[O-])cc1OC. The van der Waals surface area contributed by atoms with Crippen LogP contribution in [-0.4, -0.2) is 43.2 Å². The molecular weight excluding hydrogens is 390 g/mol. The number of fused-ring (bicyclic) bond motifs is 1. The minimum Gasteiger partial charge on any atom is -0.493 e. The lowest BCUT2D eigenvalue weighted by atomic mass is 10.1. The van der Waals surface area contributed by atoms with Crippen LogP contribution in [0.2, 0.25) is 0 Å². The first-order valence-electron chi connectivity index (χ1n) is 9.20. The summed E-state index contributed by atoms with van der Waals surface area (Å²) in [7, 11) is 2.76. The van der Waals surface area contributed by atoms with Gasteiger partial charge in [0.1, 0.15) is 16.8 Å². The van der Waals surface area contributed by atoms with E-state index >= 15 is 0 Å². The number of hydrogen-bond acceptors (Lipinski definition) is 7. The van der Waals surface area contributed by atoms with E-state index in [0.29, 0.717) is 18.8 Å². The van der Waals surface area contributed by atoms with E-state index in [9.17, 15) is 14.9 Å². The summed E-state index contributed by atoms with van der Waals surface area (Å²) >= 11 is 0. The molecule has 30 heavy (non-hydrogen) atoms. The molecule has 9 heteroatoms. The second-order valence-electron chi connectivity index (χ2n) is 6.27. The zero-order valence-electron chi connectivity index (χ0n) is 16.6. The molecule has 1 amide bonds. The normalized spacial score (nSPS) is 10.5. The molecule has 3 aromatic rings. The first kappa shape index (κ1) is 20.8. The number of aromatic nitrogens is 1. The summed E-state index contributed by atoms with van der Waals surface area (Å²) < 4.78 is 16.0. The second kappa shape index (κ2) is 9.55. The predicted octanol–water partition coefficient (Wildman–Crippen LogP) is 3.36. The number of carbonyl (C=O) groups excluding carboxylic acids is 1. The number of amides is 1. The molecule has 0 aliphatic heterocycles. The van der Waals surface area contributed by atoms with Crippen molar-refractivity contribution < 1.29 is 23.9 Å². The third kappa shape index (κ3) is 4.57. The number of nitro benzene ring substituents is 1. The largest absolute Gasteiger partial charge is 0.493 e. The maximum Gasteiger partial charge on any atom is 0.286 e. The number of benzene rings is 2. The van der Waals surface area contributed by atoms with Gasteiger partial charge in [-0.2, -0.15) is 0 Å². The molecule has 0 atom stereocenters. The maximum atomic E-state index is 12.5. The van der Waals surface area contributed by atoms with Crippen molar-refractivity contribution in [2.75, 3.05) is 27.4 Å². The molecular formula is C21H21N3O6. The highest BCUT2D eigenvalue weighted by atomic mass is 16.6. The summed E-state index contributed by atoms with van der Waals surface area (Å²) in [6.07, 6.45) is 2.21. The Morgan fingerprint density at radius 2 is 1.83 bits per heavy atom. The van der Waals surface area contributed by atoms with Gasteiger partial charge in [0.25, 0.3) is 11.6 Å². The van der Waals surface area contributed by atoms with Gasteiger partial charge in [0.05, 0.1) is 31.8 Å². The fourth-order valence-corrected chi connectivity index (χ4v) is 2.95. The van der Waals surface area contributed by atoms with Crippen molar-refractivity contribution in [1.82, 2.24) is 10.3 Å². The van der Waals surface area contributed by atoms with Crippen LogP contribution in [0.5, 0.6) is 17.2 Å². The Balaban J connectivity index is 1.60. The molecule has 9 nitrogen and oxygen atoms in total. The van der Waals surface area contributed by atoms with Gasteiger partial charge in [-0.3, -0.25) is 19.9 Å². The van der Waals surface area contributed by atoms with Crippen LogP contribution in [0.1, 0.15) is 16.8 Å². The molecule has 0 spiro atoms. The molecule has 156 valence electrons. The number of ether oxygens (including phenoxy) is 3. The third-order valence-electron chi connectivity index (χ3n) is 4.40. The summed E-state index contributed by atoms with van der Waals surface area (Å²) in [6, 6.07) is 11.9. The van der Waals surface area contributed by atoms with E-state index in [1.54, 1.807) is 6.20 Å². The fraction of sp³-hybridized carbons (Fsp3) is 0.238. The number of rotatable bonds is 9. The topological polar surface area (TPSA) is 113 Å². The van der Waals surface area contributed by atoms with Crippen LogP contribution in [0.4, 0.5) is 5.69 Å². The fourth-order valence-electron chi connectivity index (χ4n) is 2.95. The lowest BCUT2D eigenvalue weighted by Crippen LogP contribution is -2.26. The minimum absolute atomic E-state index is 0.100. The van der Waals surface area contributed by atoms with Crippen LogP contribution >= 0.6 is 0 Å². The van der Waals surface area contributed by atoms with E-state index in [4.69, 9.17) is 14.2 Å². The van der Waals surface area contributed by atoms with Gasteiger partial charge in [0, 0.05) is 24.2 Å². The molecule has 0 bridgehead atoms. The molecule has 1 heterocycles. The van der Waals surface area contributed by atoms with Crippen molar-refractivity contribution in [2.45, 2.75) is 6.42 Å². The molecule has 0 radical (unpaired) electrons. The molecule has 0 saturated carbocycles. The molecule has 0 saturated heterocycles. The number of para-hydroxylation sites is 1. The summed E-state index contributed by atoms with van der Waals surface area (Å²) in [6.45, 7) is 0.631. The molecule has 1 aromatic heterocycles. The highest BCUT2D eigenvalue weighted by molar-refractivity contribution is 5.99. The molecule has 3 rings (SSSR count). The first-order chi connectivity index (χ1) is 14.5. The Kier molecular flexibility index (Phi) is 6.63. The number of carbonyl (C=O) groups is 1. The van der Waals surface area contributed by atoms with Gasteiger partial charge in [0.2, 0.25) is 0 Å². The van der Waals surface area contributed by atoms with Crippen LogP contribution in [0.3, 0.4) is 0 Å². The highest BCUT2D eigenvalue weighted by Gasteiger charge is 2.24. The second-order valence-corrected chi connectivity index (χ2v) is 6.27. The van der Waals surface area contributed by atoms with Gasteiger partial charge in [-0.25, -0.2) is 0 Å². The van der Waals surface area contributed by atoms with Crippen LogP contribution in [-0.2, 0) is 0 Å². The Bertz CT molecular complexity index is 1060. The van der Waals surface area contributed by atoms with E-state index in [-0.39, 0.29) is 29.3 Å². The lowest BCUT2D eigenvalue weighted by molar-refractivity contribution is -0.385. The molecule has 0 unspecified atom stereocenters. The van der Waals surface area contributed by atoms with Gasteiger partial charge < -0.3 is 19.5 Å². The molecule has 2 aromatic carbocycles. The smallest absolute Gasteiger partial charge is 0.286 e. The Morgan fingerprint density at radius 1 is 1.10 bits per heavy atom. The number of pyridine rings is 1. The van der Waals surface area contributed by atoms with Crippen molar-refractivity contribution in [3.05, 3.63) is 64.3 Å². The Morgan fingerprint density at radius 3 is 2.57 bits per heavy atom. The van der Waals surface area contributed by atoms with E-state index < -0.39 is 10.8 Å². The molecule has 1 N–H and O–H groups in total. The number of nitro groups is 1. The molecule has 0 aliphatic carbocycles. The van der Waals surface area contributed by atoms with Crippen LogP contribution < -0.4 is 19.5 Å². The number of nitrogens with one attached hydrogen (secondary N) is 1. The summed E-state index contributed by atoms with van der Waals surface area (Å²) in [5.74, 6) is 0.502. The van der Waals surface area contributed by atoms with Crippen molar-refractivity contribution in [1.29, 1.82) is 0 Å². The van der Waals surface area contributed by atoms with Gasteiger partial charge in [-0.05, 0) is 18.6 Å². The van der Waals surface area contributed by atoms with Gasteiger partial charge in [-0.15, -0.1) is 0 Å². The molecule has 0 aliphatic rings. The van der Waals surface area contributed by atoms with E-state index in [0.717, 1.165) is 10.9 Å². The average Bonchev–Trinajstić information content (AvgIpc) is 2.77. The van der Waals surface area contributed by atoms with Crippen LogP contribution in [0, 0.1) is 10.1 Å². The highest BCUT2D eigenvalue weighted by Crippen LogP contribution is 2.34. The Hall–Kier alpha value is -3.88. The van der Waals surface area contributed by atoms with Crippen molar-refractivity contribution >= 4 is 22.5 Å². The van der Waals surface area contributed by atoms with Crippen molar-refractivity contribution in [3.8, 4) is 17.2 Å². The van der Waals surface area contributed by atoms with Crippen molar-refractivity contribution in [2.24, 2.45) is 0 Å². The quantitative estimate of drug-likeness (QED) is 0.326. The van der Waals surface area contributed by atoms with Crippen LogP contribution in [0.25, 0.3) is 10.9 Å². The standard InChI is InChI=1S/C21H21N3O6/c1-28-18-12-15(16(24(26)27)13-19(18)29-2)21(25)23-10-5-11-30-17-8-3-6-14-7-4-9-22-20(14)17/h3-4,6-9,12-13H,5,10-11H2,1-2H3,(H,23,25). The minimum atomic E-state index is -0.631. The van der Waals surface area contributed by atoms with Gasteiger partial charge >= 0.3 is 0 Å². The number of nitrogens with zero attached hydrogens (tertiary/aromatic N) is 2. The lowest BCUT2D eigenvalue weighted by Gasteiger charge is -2.11. The van der Waals surface area contributed by atoms with E-state index in [1.165, 1.54) is 26.4 Å². The third-order valence-corrected chi connectivity index (χ3v) is 4.40. The average molecular weight is 411 g/mol. The summed E-state index contributed by atoms with van der Waals surface area (Å²) in [5, 5.41) is 15.0. The van der Waals surface area contributed by atoms with Gasteiger partial charge in [0.15, 0.2) is 11.5 Å². The Labute approximate surface area is 172 Å². The predicted molar refractivity (Wildman–Crippen MR) is 110 cm³/mol. The number of hydrogen-bond donors (Lipinski definition) is 1. The monoisotopic (exact) mass is 411 g/mol. The summed E-state index contributed by atoms with van der Waals surface area (Å²) in [5.41, 5.74) is 0.310. The van der Waals surface area contributed by atoms with Gasteiger partial charge in [-0.1, -0.05) is 18.2 Å². The zero-order valence-corrected chi connectivity index (χ0v) is 16.6. The molecule has 0 fully saturated rings. The maximum absolute atomic E-state index is 12.5. The van der Waals surface area contributed by atoms with Crippen LogP contribution in [0.15, 0.2) is 48.7 Å². The van der Waals surface area contributed by atoms with Crippen molar-refractivity contribution in [3.63, 3.8) is 0 Å².